The van der Waals surface area contributed by atoms with E-state index in [1.807, 2.05) is 18.2 Å². The minimum Gasteiger partial charge on any atom is -0.485 e. The number of hydrogen-bond acceptors (Lipinski definition) is 6. The van der Waals surface area contributed by atoms with Crippen LogP contribution in [0.25, 0.3) is 0 Å². The highest BCUT2D eigenvalue weighted by Crippen LogP contribution is 2.30. The first-order valence-corrected chi connectivity index (χ1v) is 8.00. The molecule has 0 aliphatic carbocycles. The first kappa shape index (κ1) is 17.3. The van der Waals surface area contributed by atoms with Gasteiger partial charge in [0.1, 0.15) is 18.4 Å². The third-order valence-electron chi connectivity index (χ3n) is 3.71. The van der Waals surface area contributed by atoms with Gasteiger partial charge < -0.3 is 14.2 Å². The first-order valence-electron chi connectivity index (χ1n) is 8.00. The molecule has 1 aliphatic heterocycles. The zero-order valence-electron chi connectivity index (χ0n) is 14.1. The van der Waals surface area contributed by atoms with Crippen LogP contribution in [-0.2, 0) is 4.79 Å². The molecule has 132 valence electrons. The van der Waals surface area contributed by atoms with Gasteiger partial charge in [0.2, 0.25) is 6.10 Å². The van der Waals surface area contributed by atoms with Gasteiger partial charge in [-0.05, 0) is 48.9 Å². The Morgan fingerprint density at radius 3 is 2.73 bits per heavy atom. The Kier molecular flexibility index (Phi) is 5.34. The summed E-state index contributed by atoms with van der Waals surface area (Å²) in [4.78, 5) is 12.2. The summed E-state index contributed by atoms with van der Waals surface area (Å²) in [5.41, 5.74) is 3.95. The maximum absolute atomic E-state index is 12.2. The van der Waals surface area contributed by atoms with Gasteiger partial charge >= 0.3 is 0 Å². The molecule has 0 unspecified atom stereocenters. The maximum atomic E-state index is 12.2. The molecule has 0 spiro atoms. The van der Waals surface area contributed by atoms with Crippen molar-refractivity contribution >= 4 is 11.6 Å². The zero-order chi connectivity index (χ0) is 18.4. The summed E-state index contributed by atoms with van der Waals surface area (Å²) in [5.74, 6) is 1.37. The van der Waals surface area contributed by atoms with Crippen LogP contribution in [-0.4, -0.2) is 30.9 Å². The Morgan fingerprint density at radius 2 is 2.00 bits per heavy atom. The molecule has 1 heterocycles. The standard InChI is InChI=1S/C19H17N3O4/c1-13(14-6-8-15(9-7-14)24-11-10-20)21-22-19(23)18-12-25-16-4-2-3-5-17(16)26-18/h2-9,18H,11-12H2,1H3,(H,22,23)/b21-13-/t18-/m0/s1. The fourth-order valence-electron chi connectivity index (χ4n) is 2.33. The lowest BCUT2D eigenvalue weighted by Gasteiger charge is -2.24. The molecule has 1 aliphatic rings. The van der Waals surface area contributed by atoms with Gasteiger partial charge in [-0.2, -0.15) is 10.4 Å². The van der Waals surface area contributed by atoms with Crippen molar-refractivity contribution in [3.05, 3.63) is 54.1 Å². The van der Waals surface area contributed by atoms with E-state index >= 15 is 0 Å². The van der Waals surface area contributed by atoms with Crippen LogP contribution in [0.3, 0.4) is 0 Å². The molecule has 0 aromatic heterocycles. The van der Waals surface area contributed by atoms with Crippen LogP contribution < -0.4 is 19.6 Å². The molecule has 0 radical (unpaired) electrons. The van der Waals surface area contributed by atoms with Crippen molar-refractivity contribution in [1.82, 2.24) is 5.43 Å². The van der Waals surface area contributed by atoms with E-state index in [1.54, 1.807) is 43.3 Å². The van der Waals surface area contributed by atoms with Gasteiger partial charge in [-0.3, -0.25) is 4.79 Å². The van der Waals surface area contributed by atoms with Crippen LogP contribution in [0.4, 0.5) is 0 Å². The normalized spacial score (nSPS) is 15.7. The second-order valence-electron chi connectivity index (χ2n) is 5.51. The van der Waals surface area contributed by atoms with Gasteiger partial charge in [-0.15, -0.1) is 0 Å². The Balaban J connectivity index is 1.59. The smallest absolute Gasteiger partial charge is 0.284 e. The molecule has 1 amide bonds. The SMILES string of the molecule is C/C(=N/NC(=O)[C@@H]1COc2ccccc2O1)c1ccc(OCC#N)cc1. The molecular weight excluding hydrogens is 334 g/mol. The number of nitrogens with zero attached hydrogens (tertiary/aromatic N) is 2. The number of para-hydroxylation sites is 2. The zero-order valence-corrected chi connectivity index (χ0v) is 14.1. The van der Waals surface area contributed by atoms with Crippen LogP contribution >= 0.6 is 0 Å². The van der Waals surface area contributed by atoms with E-state index in [0.717, 1.165) is 5.56 Å². The summed E-state index contributed by atoms with van der Waals surface area (Å²) in [6.07, 6.45) is -0.761. The van der Waals surface area contributed by atoms with Crippen molar-refractivity contribution in [3.63, 3.8) is 0 Å². The molecule has 0 fully saturated rings. The summed E-state index contributed by atoms with van der Waals surface area (Å²) in [7, 11) is 0. The number of nitriles is 1. The minimum absolute atomic E-state index is 0.00490. The molecule has 2 aromatic carbocycles. The molecule has 3 rings (SSSR count). The number of amides is 1. The molecule has 1 atom stereocenters. The van der Waals surface area contributed by atoms with Crippen molar-refractivity contribution in [1.29, 1.82) is 5.26 Å². The van der Waals surface area contributed by atoms with E-state index in [0.29, 0.717) is 23.0 Å². The molecule has 26 heavy (non-hydrogen) atoms. The van der Waals surface area contributed by atoms with Crippen molar-refractivity contribution < 1.29 is 19.0 Å². The third kappa shape index (κ3) is 4.11. The van der Waals surface area contributed by atoms with Crippen LogP contribution in [0, 0.1) is 11.3 Å². The number of rotatable bonds is 5. The lowest BCUT2D eigenvalue weighted by Crippen LogP contribution is -2.42. The Hall–Kier alpha value is -3.53. The number of carbonyl (C=O) groups is 1. The highest BCUT2D eigenvalue weighted by atomic mass is 16.6. The highest BCUT2D eigenvalue weighted by molar-refractivity contribution is 5.99. The maximum Gasteiger partial charge on any atom is 0.284 e. The van der Waals surface area contributed by atoms with Crippen LogP contribution in [0.5, 0.6) is 17.2 Å². The highest BCUT2D eigenvalue weighted by Gasteiger charge is 2.27. The van der Waals surface area contributed by atoms with Gasteiger partial charge in [0.05, 0.1) is 5.71 Å². The Labute approximate surface area is 150 Å². The predicted octanol–water partition coefficient (Wildman–Crippen LogP) is 2.27. The minimum atomic E-state index is -0.761. The van der Waals surface area contributed by atoms with Crippen molar-refractivity contribution in [2.24, 2.45) is 5.10 Å². The number of nitrogens with one attached hydrogen (secondary N) is 1. The fraction of sp³-hybridized carbons (Fsp3) is 0.211. The second-order valence-corrected chi connectivity index (χ2v) is 5.51. The monoisotopic (exact) mass is 351 g/mol. The molecule has 1 N–H and O–H groups in total. The lowest BCUT2D eigenvalue weighted by atomic mass is 10.1. The van der Waals surface area contributed by atoms with Crippen molar-refractivity contribution in [2.45, 2.75) is 13.0 Å². The van der Waals surface area contributed by atoms with E-state index in [1.165, 1.54) is 0 Å². The average molecular weight is 351 g/mol. The van der Waals surface area contributed by atoms with Gasteiger partial charge in [0.25, 0.3) is 5.91 Å². The quantitative estimate of drug-likeness (QED) is 0.659. The molecule has 0 saturated carbocycles. The summed E-state index contributed by atoms with van der Waals surface area (Å²) >= 11 is 0. The summed E-state index contributed by atoms with van der Waals surface area (Å²) in [5, 5.41) is 12.6. The lowest BCUT2D eigenvalue weighted by molar-refractivity contribution is -0.130. The van der Waals surface area contributed by atoms with Gasteiger partial charge in [-0.1, -0.05) is 12.1 Å². The van der Waals surface area contributed by atoms with Crippen LogP contribution in [0.15, 0.2) is 53.6 Å². The van der Waals surface area contributed by atoms with Crippen molar-refractivity contribution in [3.8, 4) is 23.3 Å². The van der Waals surface area contributed by atoms with E-state index in [2.05, 4.69) is 10.5 Å². The first-order chi connectivity index (χ1) is 12.7. The van der Waals surface area contributed by atoms with E-state index in [4.69, 9.17) is 19.5 Å². The van der Waals surface area contributed by atoms with E-state index in [-0.39, 0.29) is 19.1 Å². The third-order valence-corrected chi connectivity index (χ3v) is 3.71. The number of fused-ring (bicyclic) bond motifs is 1. The molecule has 0 saturated heterocycles. The molecule has 7 nitrogen and oxygen atoms in total. The number of benzene rings is 2. The van der Waals surface area contributed by atoms with Crippen LogP contribution in [0.1, 0.15) is 12.5 Å². The van der Waals surface area contributed by atoms with Crippen molar-refractivity contribution in [2.75, 3.05) is 13.2 Å². The summed E-state index contributed by atoms with van der Waals surface area (Å²) in [6, 6.07) is 16.2. The predicted molar refractivity (Wildman–Crippen MR) is 94.3 cm³/mol. The summed E-state index contributed by atoms with van der Waals surface area (Å²) < 4.78 is 16.4. The Bertz CT molecular complexity index is 856. The van der Waals surface area contributed by atoms with Gasteiger partial charge in [-0.25, -0.2) is 5.43 Å². The molecular formula is C19H17N3O4. The fourth-order valence-corrected chi connectivity index (χ4v) is 2.33. The van der Waals surface area contributed by atoms with E-state index in [9.17, 15) is 4.79 Å². The summed E-state index contributed by atoms with van der Waals surface area (Å²) in [6.45, 7) is 1.90. The largest absolute Gasteiger partial charge is 0.485 e. The average Bonchev–Trinajstić information content (AvgIpc) is 2.70. The van der Waals surface area contributed by atoms with Gasteiger partial charge in [0, 0.05) is 0 Å². The number of hydrazone groups is 1. The molecule has 2 aromatic rings. The topological polar surface area (TPSA) is 92.9 Å². The molecule has 0 bridgehead atoms. The molecule has 7 heteroatoms. The van der Waals surface area contributed by atoms with Crippen LogP contribution in [0.2, 0.25) is 0 Å². The second kappa shape index (κ2) is 8.03. The Morgan fingerprint density at radius 1 is 1.27 bits per heavy atom. The number of ether oxygens (including phenoxy) is 3. The number of carbonyl (C=O) groups excluding carboxylic acids is 1. The number of hydrogen-bond donors (Lipinski definition) is 1. The van der Waals surface area contributed by atoms with Gasteiger partial charge in [0.15, 0.2) is 18.1 Å². The van der Waals surface area contributed by atoms with E-state index < -0.39 is 6.10 Å².